The van der Waals surface area contributed by atoms with E-state index in [1.54, 1.807) is 6.92 Å². The summed E-state index contributed by atoms with van der Waals surface area (Å²) in [4.78, 5) is 22.6. The number of hydrogen-bond acceptors (Lipinski definition) is 3. The van der Waals surface area contributed by atoms with Crippen LogP contribution >= 0.6 is 0 Å². The predicted octanol–water partition coefficient (Wildman–Crippen LogP) is 2.07. The number of urea groups is 1. The molecule has 0 saturated carbocycles. The van der Waals surface area contributed by atoms with Gasteiger partial charge in [-0.05, 0) is 25.5 Å². The lowest BCUT2D eigenvalue weighted by molar-refractivity contribution is -0.142. The Hall–Kier alpha value is -2.04. The number of aryl methyl sites for hydroxylation is 1. The first-order chi connectivity index (χ1) is 8.63. The van der Waals surface area contributed by atoms with E-state index in [0.29, 0.717) is 6.61 Å². The molecule has 1 aromatic carbocycles. The molecule has 2 amide bonds. The van der Waals surface area contributed by atoms with Crippen LogP contribution in [0.1, 0.15) is 18.9 Å². The molecule has 0 aliphatic heterocycles. The van der Waals surface area contributed by atoms with Crippen LogP contribution in [0.5, 0.6) is 0 Å². The summed E-state index contributed by atoms with van der Waals surface area (Å²) < 4.78 is 4.75. The van der Waals surface area contributed by atoms with Crippen LogP contribution in [0, 0.1) is 6.92 Å². The molecule has 0 bridgehead atoms. The molecule has 0 unspecified atom stereocenters. The van der Waals surface area contributed by atoms with E-state index < -0.39 is 0 Å². The summed E-state index contributed by atoms with van der Waals surface area (Å²) >= 11 is 0. The fraction of sp³-hybridized carbons (Fsp3) is 0.385. The zero-order valence-electron chi connectivity index (χ0n) is 10.7. The number of para-hydroxylation sites is 1. The highest BCUT2D eigenvalue weighted by Crippen LogP contribution is 2.12. The topological polar surface area (TPSA) is 67.4 Å². The van der Waals surface area contributed by atoms with E-state index in [0.717, 1.165) is 11.3 Å². The number of hydrogen-bond donors (Lipinski definition) is 2. The SMILES string of the molecule is CCOC(=O)CCNC(=O)Nc1ccccc1C. The number of carbonyl (C=O) groups is 2. The Morgan fingerprint density at radius 2 is 2.00 bits per heavy atom. The fourth-order valence-corrected chi connectivity index (χ4v) is 1.39. The lowest BCUT2D eigenvalue weighted by atomic mass is 10.2. The average molecular weight is 250 g/mol. The molecule has 0 fully saturated rings. The fourth-order valence-electron chi connectivity index (χ4n) is 1.39. The summed E-state index contributed by atoms with van der Waals surface area (Å²) in [5, 5.41) is 5.31. The molecule has 5 nitrogen and oxygen atoms in total. The maximum Gasteiger partial charge on any atom is 0.319 e. The van der Waals surface area contributed by atoms with E-state index in [2.05, 4.69) is 10.6 Å². The predicted molar refractivity (Wildman–Crippen MR) is 69.5 cm³/mol. The lowest BCUT2D eigenvalue weighted by Crippen LogP contribution is -2.31. The molecule has 0 spiro atoms. The Kier molecular flexibility index (Phi) is 5.70. The van der Waals surface area contributed by atoms with Crippen molar-refractivity contribution in [1.29, 1.82) is 0 Å². The van der Waals surface area contributed by atoms with Gasteiger partial charge in [-0.2, -0.15) is 0 Å². The number of benzene rings is 1. The van der Waals surface area contributed by atoms with Gasteiger partial charge < -0.3 is 15.4 Å². The van der Waals surface area contributed by atoms with Crippen LogP contribution in [0.25, 0.3) is 0 Å². The van der Waals surface area contributed by atoms with Crippen molar-refractivity contribution >= 4 is 17.7 Å². The summed E-state index contributed by atoms with van der Waals surface area (Å²) in [6.07, 6.45) is 0.176. The second-order valence-electron chi connectivity index (χ2n) is 3.75. The molecule has 0 radical (unpaired) electrons. The van der Waals surface area contributed by atoms with Crippen LogP contribution in [-0.4, -0.2) is 25.2 Å². The molecular formula is C13H18N2O3. The zero-order chi connectivity index (χ0) is 13.4. The van der Waals surface area contributed by atoms with Gasteiger partial charge in [-0.3, -0.25) is 4.79 Å². The van der Waals surface area contributed by atoms with E-state index in [-0.39, 0.29) is 25.0 Å². The van der Waals surface area contributed by atoms with Gasteiger partial charge in [-0.25, -0.2) is 4.79 Å². The van der Waals surface area contributed by atoms with E-state index in [1.807, 2.05) is 31.2 Å². The van der Waals surface area contributed by atoms with Crippen LogP contribution < -0.4 is 10.6 Å². The van der Waals surface area contributed by atoms with Crippen molar-refractivity contribution in [2.45, 2.75) is 20.3 Å². The summed E-state index contributed by atoms with van der Waals surface area (Å²) in [7, 11) is 0. The molecule has 98 valence electrons. The first kappa shape index (κ1) is 14.0. The molecule has 5 heteroatoms. The van der Waals surface area contributed by atoms with Crippen molar-refractivity contribution in [2.24, 2.45) is 0 Å². The monoisotopic (exact) mass is 250 g/mol. The minimum Gasteiger partial charge on any atom is -0.466 e. The quantitative estimate of drug-likeness (QED) is 0.786. The van der Waals surface area contributed by atoms with Crippen molar-refractivity contribution in [3.63, 3.8) is 0 Å². The number of amides is 2. The number of esters is 1. The molecule has 0 aromatic heterocycles. The Bertz CT molecular complexity index is 418. The summed E-state index contributed by atoms with van der Waals surface area (Å²) in [5.41, 5.74) is 1.74. The standard InChI is InChI=1S/C13H18N2O3/c1-3-18-12(16)8-9-14-13(17)15-11-7-5-4-6-10(11)2/h4-7H,3,8-9H2,1-2H3,(H2,14,15,17). The number of nitrogens with one attached hydrogen (secondary N) is 2. The van der Waals surface area contributed by atoms with E-state index in [9.17, 15) is 9.59 Å². The lowest BCUT2D eigenvalue weighted by Gasteiger charge is -2.09. The number of rotatable bonds is 5. The molecule has 0 aliphatic rings. The Morgan fingerprint density at radius 3 is 2.67 bits per heavy atom. The highest BCUT2D eigenvalue weighted by Gasteiger charge is 2.05. The van der Waals surface area contributed by atoms with Crippen LogP contribution in [0.15, 0.2) is 24.3 Å². The van der Waals surface area contributed by atoms with Crippen molar-refractivity contribution in [2.75, 3.05) is 18.5 Å². The molecule has 1 aromatic rings. The van der Waals surface area contributed by atoms with Gasteiger partial charge in [-0.1, -0.05) is 18.2 Å². The molecular weight excluding hydrogens is 232 g/mol. The van der Waals surface area contributed by atoms with Crippen LogP contribution in [-0.2, 0) is 9.53 Å². The molecule has 0 aliphatic carbocycles. The van der Waals surface area contributed by atoms with Crippen molar-refractivity contribution in [3.05, 3.63) is 29.8 Å². The summed E-state index contributed by atoms with van der Waals surface area (Å²) in [5.74, 6) is -0.311. The van der Waals surface area contributed by atoms with E-state index >= 15 is 0 Å². The third-order valence-corrected chi connectivity index (χ3v) is 2.31. The van der Waals surface area contributed by atoms with Crippen LogP contribution in [0.3, 0.4) is 0 Å². The summed E-state index contributed by atoms with van der Waals surface area (Å²) in [6, 6.07) is 7.16. The molecule has 0 heterocycles. The number of anilines is 1. The molecule has 0 atom stereocenters. The zero-order valence-corrected chi connectivity index (χ0v) is 10.7. The minimum absolute atomic E-state index is 0.176. The average Bonchev–Trinajstić information content (AvgIpc) is 2.32. The van der Waals surface area contributed by atoms with E-state index in [4.69, 9.17) is 4.74 Å². The Morgan fingerprint density at radius 1 is 1.28 bits per heavy atom. The molecule has 1 rings (SSSR count). The van der Waals surface area contributed by atoms with Gasteiger partial charge in [0, 0.05) is 12.2 Å². The smallest absolute Gasteiger partial charge is 0.319 e. The summed E-state index contributed by atoms with van der Waals surface area (Å²) in [6.45, 7) is 4.27. The molecule has 2 N–H and O–H groups in total. The Balaban J connectivity index is 2.30. The van der Waals surface area contributed by atoms with Gasteiger partial charge >= 0.3 is 12.0 Å². The molecule has 18 heavy (non-hydrogen) atoms. The second-order valence-corrected chi connectivity index (χ2v) is 3.75. The van der Waals surface area contributed by atoms with Gasteiger partial charge in [0.1, 0.15) is 0 Å². The number of carbonyl (C=O) groups excluding carboxylic acids is 2. The van der Waals surface area contributed by atoms with Crippen LogP contribution in [0.4, 0.5) is 10.5 Å². The van der Waals surface area contributed by atoms with Crippen LogP contribution in [0.2, 0.25) is 0 Å². The maximum atomic E-state index is 11.5. The third-order valence-electron chi connectivity index (χ3n) is 2.31. The van der Waals surface area contributed by atoms with E-state index in [1.165, 1.54) is 0 Å². The minimum atomic E-state index is -0.325. The number of ether oxygens (including phenoxy) is 1. The van der Waals surface area contributed by atoms with Crippen molar-refractivity contribution in [1.82, 2.24) is 5.32 Å². The Labute approximate surface area is 107 Å². The van der Waals surface area contributed by atoms with Crippen molar-refractivity contribution in [3.8, 4) is 0 Å². The molecule has 0 saturated heterocycles. The van der Waals surface area contributed by atoms with Gasteiger partial charge in [0.2, 0.25) is 0 Å². The second kappa shape index (κ2) is 7.32. The van der Waals surface area contributed by atoms with Gasteiger partial charge in [0.05, 0.1) is 13.0 Å². The highest BCUT2D eigenvalue weighted by atomic mass is 16.5. The highest BCUT2D eigenvalue weighted by molar-refractivity contribution is 5.90. The van der Waals surface area contributed by atoms with Gasteiger partial charge in [0.15, 0.2) is 0 Å². The maximum absolute atomic E-state index is 11.5. The van der Waals surface area contributed by atoms with Gasteiger partial charge in [-0.15, -0.1) is 0 Å². The third kappa shape index (κ3) is 4.86. The van der Waals surface area contributed by atoms with Gasteiger partial charge in [0.25, 0.3) is 0 Å². The largest absolute Gasteiger partial charge is 0.466 e. The first-order valence-electron chi connectivity index (χ1n) is 5.89. The normalized spacial score (nSPS) is 9.67. The first-order valence-corrected chi connectivity index (χ1v) is 5.89. The van der Waals surface area contributed by atoms with Crippen molar-refractivity contribution < 1.29 is 14.3 Å².